The summed E-state index contributed by atoms with van der Waals surface area (Å²) in [5, 5.41) is 12.8. The average Bonchev–Trinajstić information content (AvgIpc) is 2.55. The normalized spacial score (nSPS) is 21.5. The summed E-state index contributed by atoms with van der Waals surface area (Å²) in [5.41, 5.74) is 0. The van der Waals surface area contributed by atoms with Gasteiger partial charge in [0.05, 0.1) is 6.20 Å². The van der Waals surface area contributed by atoms with E-state index in [0.717, 1.165) is 17.2 Å². The molecular weight excluding hydrogens is 278 g/mol. The van der Waals surface area contributed by atoms with Gasteiger partial charge in [-0.15, -0.1) is 5.10 Å². The van der Waals surface area contributed by atoms with Gasteiger partial charge in [-0.2, -0.15) is 5.10 Å². The lowest BCUT2D eigenvalue weighted by Gasteiger charge is -2.29. The van der Waals surface area contributed by atoms with Crippen LogP contribution >= 0.6 is 0 Å². The fraction of sp³-hybridized carbons (Fsp3) is 0.471. The van der Waals surface area contributed by atoms with Crippen molar-refractivity contribution < 1.29 is 9.53 Å². The van der Waals surface area contributed by atoms with Crippen LogP contribution in [0.1, 0.15) is 32.6 Å². The molecule has 1 amide bonds. The summed E-state index contributed by atoms with van der Waals surface area (Å²) in [6.45, 7) is 2.17. The molecule has 116 valence electrons. The molecule has 5 nitrogen and oxygen atoms in total. The van der Waals surface area contributed by atoms with E-state index in [0.29, 0.717) is 11.8 Å². The first-order valence-corrected chi connectivity index (χ1v) is 7.86. The first kappa shape index (κ1) is 14.8. The molecule has 1 aliphatic rings. The lowest BCUT2D eigenvalue weighted by molar-refractivity contribution is -0.124. The van der Waals surface area contributed by atoms with Crippen molar-refractivity contribution in [1.29, 1.82) is 0 Å². The monoisotopic (exact) mass is 299 g/mol. The van der Waals surface area contributed by atoms with Crippen LogP contribution in [0, 0.1) is 5.92 Å². The molecule has 3 rings (SSSR count). The minimum Gasteiger partial charge on any atom is -0.466 e. The Labute approximate surface area is 130 Å². The van der Waals surface area contributed by atoms with E-state index in [1.807, 2.05) is 24.3 Å². The van der Waals surface area contributed by atoms with E-state index in [1.165, 1.54) is 19.3 Å². The van der Waals surface area contributed by atoms with Gasteiger partial charge in [0, 0.05) is 16.8 Å². The third-order valence-electron chi connectivity index (χ3n) is 4.33. The molecule has 1 heterocycles. The Kier molecular flexibility index (Phi) is 4.51. The highest BCUT2D eigenvalue weighted by Crippen LogP contribution is 2.24. The quantitative estimate of drug-likeness (QED) is 0.942. The van der Waals surface area contributed by atoms with Gasteiger partial charge < -0.3 is 10.1 Å². The number of carbonyl (C=O) groups excluding carboxylic acids is 1. The van der Waals surface area contributed by atoms with Crippen LogP contribution in [0.3, 0.4) is 0 Å². The van der Waals surface area contributed by atoms with Crippen LogP contribution in [0.4, 0.5) is 0 Å². The van der Waals surface area contributed by atoms with Crippen LogP contribution in [0.5, 0.6) is 5.88 Å². The van der Waals surface area contributed by atoms with E-state index >= 15 is 0 Å². The Hall–Kier alpha value is -2.17. The number of amides is 1. The summed E-state index contributed by atoms with van der Waals surface area (Å²) in [5.74, 6) is 0.855. The second kappa shape index (κ2) is 6.73. The largest absolute Gasteiger partial charge is 0.466 e. The highest BCUT2D eigenvalue weighted by molar-refractivity contribution is 5.86. The molecule has 1 aromatic heterocycles. The third kappa shape index (κ3) is 3.35. The predicted molar refractivity (Wildman–Crippen MR) is 84.6 cm³/mol. The van der Waals surface area contributed by atoms with Crippen LogP contribution in [-0.4, -0.2) is 28.8 Å². The molecule has 0 bridgehead atoms. The molecule has 22 heavy (non-hydrogen) atoms. The van der Waals surface area contributed by atoms with Gasteiger partial charge in [0.25, 0.3) is 5.91 Å². The number of fused-ring (bicyclic) bond motifs is 1. The standard InChI is InChI=1S/C17H21N3O2/c1-12-6-2-5-9-15(12)19-16(21)11-22-17-14-8-4-3-7-13(14)10-18-20-17/h3-4,7-8,10,12,15H,2,5-6,9,11H2,1H3,(H,19,21)/t12-,15+/m1/s1. The number of carbonyl (C=O) groups is 1. The first-order chi connectivity index (χ1) is 10.7. The topological polar surface area (TPSA) is 64.1 Å². The number of hydrogen-bond donors (Lipinski definition) is 1. The second-order valence-electron chi connectivity index (χ2n) is 5.96. The van der Waals surface area contributed by atoms with Crippen LogP contribution in [0.15, 0.2) is 30.5 Å². The maximum absolute atomic E-state index is 12.1. The summed E-state index contributed by atoms with van der Waals surface area (Å²) < 4.78 is 5.57. The van der Waals surface area contributed by atoms with Gasteiger partial charge >= 0.3 is 0 Å². The van der Waals surface area contributed by atoms with Crippen molar-refractivity contribution in [3.63, 3.8) is 0 Å². The SMILES string of the molecule is C[C@@H]1CCCC[C@@H]1NC(=O)COc1nncc2ccccc12. The lowest BCUT2D eigenvalue weighted by Crippen LogP contribution is -2.43. The number of ether oxygens (including phenoxy) is 1. The van der Waals surface area contributed by atoms with E-state index in [4.69, 9.17) is 4.74 Å². The highest BCUT2D eigenvalue weighted by atomic mass is 16.5. The Morgan fingerprint density at radius 2 is 2.14 bits per heavy atom. The molecular formula is C17H21N3O2. The van der Waals surface area contributed by atoms with Crippen LogP contribution in [0.2, 0.25) is 0 Å². The summed E-state index contributed by atoms with van der Waals surface area (Å²) >= 11 is 0. The van der Waals surface area contributed by atoms with Crippen LogP contribution < -0.4 is 10.1 Å². The van der Waals surface area contributed by atoms with E-state index in [1.54, 1.807) is 6.20 Å². The van der Waals surface area contributed by atoms with Crippen molar-refractivity contribution in [2.75, 3.05) is 6.61 Å². The third-order valence-corrected chi connectivity index (χ3v) is 4.33. The Bertz CT molecular complexity index is 654. The molecule has 1 N–H and O–H groups in total. The van der Waals surface area contributed by atoms with E-state index in [-0.39, 0.29) is 18.6 Å². The van der Waals surface area contributed by atoms with Gasteiger partial charge in [-0.3, -0.25) is 4.79 Å². The summed E-state index contributed by atoms with van der Waals surface area (Å²) in [6.07, 6.45) is 6.37. The Balaban J connectivity index is 1.60. The summed E-state index contributed by atoms with van der Waals surface area (Å²) in [7, 11) is 0. The van der Waals surface area contributed by atoms with Gasteiger partial charge in [-0.25, -0.2) is 0 Å². The van der Waals surface area contributed by atoms with Crippen molar-refractivity contribution in [2.45, 2.75) is 38.6 Å². The molecule has 2 atom stereocenters. The molecule has 1 aromatic carbocycles. The lowest BCUT2D eigenvalue weighted by atomic mass is 9.86. The maximum Gasteiger partial charge on any atom is 0.258 e. The Morgan fingerprint density at radius 1 is 1.32 bits per heavy atom. The van der Waals surface area contributed by atoms with Crippen molar-refractivity contribution in [3.05, 3.63) is 30.5 Å². The molecule has 1 aliphatic carbocycles. The van der Waals surface area contributed by atoms with Crippen molar-refractivity contribution in [3.8, 4) is 5.88 Å². The zero-order valence-corrected chi connectivity index (χ0v) is 12.8. The fourth-order valence-corrected chi connectivity index (χ4v) is 3.02. The molecule has 0 saturated heterocycles. The van der Waals surface area contributed by atoms with Gasteiger partial charge in [0.1, 0.15) is 0 Å². The fourth-order valence-electron chi connectivity index (χ4n) is 3.02. The number of nitrogens with one attached hydrogen (secondary N) is 1. The van der Waals surface area contributed by atoms with Crippen LogP contribution in [-0.2, 0) is 4.79 Å². The molecule has 1 fully saturated rings. The maximum atomic E-state index is 12.1. The number of rotatable bonds is 4. The second-order valence-corrected chi connectivity index (χ2v) is 5.96. The molecule has 2 aromatic rings. The van der Waals surface area contributed by atoms with Crippen molar-refractivity contribution in [1.82, 2.24) is 15.5 Å². The summed E-state index contributed by atoms with van der Waals surface area (Å²) in [6, 6.07) is 7.98. The zero-order valence-electron chi connectivity index (χ0n) is 12.8. The Morgan fingerprint density at radius 3 is 3.00 bits per heavy atom. The number of hydrogen-bond acceptors (Lipinski definition) is 4. The molecule has 0 radical (unpaired) electrons. The number of nitrogens with zero attached hydrogens (tertiary/aromatic N) is 2. The number of aromatic nitrogens is 2. The first-order valence-electron chi connectivity index (χ1n) is 7.86. The molecule has 0 aliphatic heterocycles. The molecule has 0 spiro atoms. The average molecular weight is 299 g/mol. The van der Waals surface area contributed by atoms with Crippen LogP contribution in [0.25, 0.3) is 10.8 Å². The molecule has 0 unspecified atom stereocenters. The van der Waals surface area contributed by atoms with Gasteiger partial charge in [-0.1, -0.05) is 38.0 Å². The van der Waals surface area contributed by atoms with E-state index < -0.39 is 0 Å². The van der Waals surface area contributed by atoms with Gasteiger partial charge in [0.2, 0.25) is 5.88 Å². The zero-order chi connectivity index (χ0) is 15.4. The predicted octanol–water partition coefficient (Wildman–Crippen LogP) is 2.70. The van der Waals surface area contributed by atoms with Crippen molar-refractivity contribution >= 4 is 16.7 Å². The number of benzene rings is 1. The highest BCUT2D eigenvalue weighted by Gasteiger charge is 2.22. The molecule has 1 saturated carbocycles. The van der Waals surface area contributed by atoms with E-state index in [9.17, 15) is 4.79 Å². The minimum atomic E-state index is -0.0894. The van der Waals surface area contributed by atoms with Crippen molar-refractivity contribution in [2.24, 2.45) is 5.92 Å². The molecule has 5 heteroatoms. The summed E-state index contributed by atoms with van der Waals surface area (Å²) in [4.78, 5) is 12.1. The minimum absolute atomic E-state index is 0.0219. The van der Waals surface area contributed by atoms with Gasteiger partial charge in [0.15, 0.2) is 6.61 Å². The van der Waals surface area contributed by atoms with Gasteiger partial charge in [-0.05, 0) is 24.8 Å². The smallest absolute Gasteiger partial charge is 0.258 e. The van der Waals surface area contributed by atoms with E-state index in [2.05, 4.69) is 22.4 Å².